The van der Waals surface area contributed by atoms with Gasteiger partial charge >= 0.3 is 0 Å². The molecule has 0 spiro atoms. The summed E-state index contributed by atoms with van der Waals surface area (Å²) in [5, 5.41) is 0. The van der Waals surface area contributed by atoms with Gasteiger partial charge in [0.05, 0.1) is 4.75 Å². The topological polar surface area (TPSA) is 54.4 Å². The molecule has 0 aromatic rings. The van der Waals surface area contributed by atoms with E-state index >= 15 is 0 Å². The van der Waals surface area contributed by atoms with Gasteiger partial charge in [-0.3, -0.25) is 4.55 Å². The van der Waals surface area contributed by atoms with E-state index in [2.05, 4.69) is 13.8 Å². The molecule has 3 nitrogen and oxygen atoms in total. The molecule has 0 aromatic heterocycles. The number of rotatable bonds is 1. The van der Waals surface area contributed by atoms with Crippen LogP contribution in [-0.2, 0) is 10.1 Å². The minimum atomic E-state index is -3.97. The van der Waals surface area contributed by atoms with Crippen LogP contribution in [0.1, 0.15) is 91.4 Å². The Balaban J connectivity index is 2.79. The zero-order valence-electron chi connectivity index (χ0n) is 13.5. The zero-order chi connectivity index (χ0) is 15.3. The summed E-state index contributed by atoms with van der Waals surface area (Å²) in [6.07, 6.45) is 11.4. The summed E-state index contributed by atoms with van der Waals surface area (Å²) in [5.74, 6) is 0. The Hall–Kier alpha value is -0.0900. The molecule has 0 aliphatic heterocycles. The Labute approximate surface area is 125 Å². The summed E-state index contributed by atoms with van der Waals surface area (Å²) >= 11 is 0. The highest BCUT2D eigenvalue weighted by molar-refractivity contribution is 7.87. The Bertz CT molecular complexity index is 387. The van der Waals surface area contributed by atoms with Gasteiger partial charge in [0.25, 0.3) is 10.1 Å². The van der Waals surface area contributed by atoms with Crippen molar-refractivity contribution in [2.24, 2.45) is 5.41 Å². The fourth-order valence-corrected chi connectivity index (χ4v) is 3.86. The van der Waals surface area contributed by atoms with E-state index in [1.54, 1.807) is 6.92 Å². The lowest BCUT2D eigenvalue weighted by molar-refractivity contribution is 0.264. The SMILES string of the molecule is CC1(C)CCCCCCCCCC(C)(S(=O)(=O)O)CC1. The third kappa shape index (κ3) is 5.72. The molecule has 20 heavy (non-hydrogen) atoms. The van der Waals surface area contributed by atoms with Crippen LogP contribution in [0.4, 0.5) is 0 Å². The van der Waals surface area contributed by atoms with Crippen molar-refractivity contribution in [2.75, 3.05) is 0 Å². The minimum absolute atomic E-state index is 0.167. The molecule has 1 aliphatic rings. The zero-order valence-corrected chi connectivity index (χ0v) is 14.3. The van der Waals surface area contributed by atoms with Crippen LogP contribution in [0.5, 0.6) is 0 Å². The number of hydrogen-bond donors (Lipinski definition) is 1. The monoisotopic (exact) mass is 304 g/mol. The van der Waals surface area contributed by atoms with E-state index in [9.17, 15) is 13.0 Å². The first-order valence-corrected chi connectivity index (χ1v) is 9.57. The standard InChI is InChI=1S/C16H32O3S/c1-15(2)11-9-7-5-4-6-8-10-12-16(3,14-13-15)20(17,18)19/h4-14H2,1-3H3,(H,17,18,19). The molecule has 0 radical (unpaired) electrons. The van der Waals surface area contributed by atoms with Gasteiger partial charge in [-0.25, -0.2) is 0 Å². The van der Waals surface area contributed by atoms with Crippen molar-refractivity contribution in [2.45, 2.75) is 96.1 Å². The van der Waals surface area contributed by atoms with Crippen molar-refractivity contribution in [3.63, 3.8) is 0 Å². The molecule has 1 atom stereocenters. The largest absolute Gasteiger partial charge is 0.285 e. The van der Waals surface area contributed by atoms with E-state index in [1.807, 2.05) is 0 Å². The lowest BCUT2D eigenvalue weighted by Crippen LogP contribution is -2.36. The molecule has 1 rings (SSSR count). The summed E-state index contributed by atoms with van der Waals surface area (Å²) in [6, 6.07) is 0. The van der Waals surface area contributed by atoms with Gasteiger partial charge in [-0.15, -0.1) is 0 Å². The molecule has 4 heteroatoms. The Morgan fingerprint density at radius 3 is 1.65 bits per heavy atom. The molecule has 0 bridgehead atoms. The summed E-state index contributed by atoms with van der Waals surface area (Å²) < 4.78 is 32.2. The average Bonchev–Trinajstić information content (AvgIpc) is 2.33. The van der Waals surface area contributed by atoms with E-state index in [0.717, 1.165) is 25.7 Å². The van der Waals surface area contributed by atoms with Crippen LogP contribution in [0.15, 0.2) is 0 Å². The second-order valence-electron chi connectivity index (χ2n) is 7.56. The maximum atomic E-state index is 11.8. The van der Waals surface area contributed by atoms with Crippen LogP contribution in [0, 0.1) is 5.41 Å². The predicted molar refractivity (Wildman–Crippen MR) is 84.5 cm³/mol. The maximum absolute atomic E-state index is 11.8. The molecule has 1 N–H and O–H groups in total. The highest BCUT2D eigenvalue weighted by atomic mass is 32.2. The van der Waals surface area contributed by atoms with Gasteiger partial charge in [0.2, 0.25) is 0 Å². The van der Waals surface area contributed by atoms with Crippen molar-refractivity contribution in [3.05, 3.63) is 0 Å². The van der Waals surface area contributed by atoms with Crippen molar-refractivity contribution in [3.8, 4) is 0 Å². The van der Waals surface area contributed by atoms with E-state index in [4.69, 9.17) is 0 Å². The molecule has 0 amide bonds. The molecule has 120 valence electrons. The highest BCUT2D eigenvalue weighted by Gasteiger charge is 2.38. The van der Waals surface area contributed by atoms with Crippen LogP contribution in [0.2, 0.25) is 0 Å². The molecule has 0 aromatic carbocycles. The van der Waals surface area contributed by atoms with Gasteiger partial charge in [-0.2, -0.15) is 8.42 Å². The third-order valence-corrected chi connectivity index (χ3v) is 6.67. The van der Waals surface area contributed by atoms with E-state index in [0.29, 0.717) is 12.8 Å². The minimum Gasteiger partial charge on any atom is -0.285 e. The van der Waals surface area contributed by atoms with E-state index in [1.165, 1.54) is 32.1 Å². The second kappa shape index (κ2) is 7.26. The van der Waals surface area contributed by atoms with Crippen molar-refractivity contribution in [1.82, 2.24) is 0 Å². The van der Waals surface area contributed by atoms with Crippen LogP contribution in [0.3, 0.4) is 0 Å². The Morgan fingerprint density at radius 1 is 0.700 bits per heavy atom. The van der Waals surface area contributed by atoms with Crippen molar-refractivity contribution < 1.29 is 13.0 Å². The molecular weight excluding hydrogens is 272 g/mol. The summed E-state index contributed by atoms with van der Waals surface area (Å²) in [6.45, 7) is 6.16. The fourth-order valence-electron chi connectivity index (χ4n) is 3.10. The van der Waals surface area contributed by atoms with Gasteiger partial charge in [0.1, 0.15) is 0 Å². The van der Waals surface area contributed by atoms with Crippen LogP contribution in [0.25, 0.3) is 0 Å². The van der Waals surface area contributed by atoms with E-state index in [-0.39, 0.29) is 5.41 Å². The molecular formula is C16H32O3S. The number of hydrogen-bond acceptors (Lipinski definition) is 2. The Kier molecular flexibility index (Phi) is 6.52. The molecule has 1 aliphatic carbocycles. The third-order valence-electron chi connectivity index (χ3n) is 5.01. The van der Waals surface area contributed by atoms with Crippen LogP contribution in [-0.4, -0.2) is 17.7 Å². The van der Waals surface area contributed by atoms with Gasteiger partial charge in [0.15, 0.2) is 0 Å². The quantitative estimate of drug-likeness (QED) is 0.696. The first-order chi connectivity index (χ1) is 9.16. The van der Waals surface area contributed by atoms with Crippen molar-refractivity contribution >= 4 is 10.1 Å². The first kappa shape index (κ1) is 18.0. The van der Waals surface area contributed by atoms with Gasteiger partial charge in [-0.05, 0) is 38.0 Å². The first-order valence-electron chi connectivity index (χ1n) is 8.13. The molecule has 1 saturated carbocycles. The highest BCUT2D eigenvalue weighted by Crippen LogP contribution is 2.37. The van der Waals surface area contributed by atoms with Gasteiger partial charge in [-0.1, -0.05) is 58.8 Å². The fraction of sp³-hybridized carbons (Fsp3) is 1.00. The van der Waals surface area contributed by atoms with Crippen molar-refractivity contribution in [1.29, 1.82) is 0 Å². The lowest BCUT2D eigenvalue weighted by atomic mass is 9.80. The lowest BCUT2D eigenvalue weighted by Gasteiger charge is -2.31. The predicted octanol–water partition coefficient (Wildman–Crippen LogP) is 4.96. The van der Waals surface area contributed by atoms with E-state index < -0.39 is 14.9 Å². The summed E-state index contributed by atoms with van der Waals surface area (Å²) in [4.78, 5) is 0. The molecule has 1 unspecified atom stereocenters. The summed E-state index contributed by atoms with van der Waals surface area (Å²) in [7, 11) is -3.97. The van der Waals surface area contributed by atoms with Crippen LogP contribution < -0.4 is 0 Å². The molecule has 0 heterocycles. The van der Waals surface area contributed by atoms with Crippen LogP contribution >= 0.6 is 0 Å². The smallest absolute Gasteiger partial charge is 0.270 e. The average molecular weight is 304 g/mol. The molecule has 0 saturated heterocycles. The normalized spacial score (nSPS) is 30.8. The van der Waals surface area contributed by atoms with Gasteiger partial charge < -0.3 is 0 Å². The van der Waals surface area contributed by atoms with Gasteiger partial charge in [0, 0.05) is 0 Å². The summed E-state index contributed by atoms with van der Waals surface area (Å²) in [5.41, 5.74) is 0.167. The molecule has 1 fully saturated rings. The second-order valence-corrected chi connectivity index (χ2v) is 9.50. The Morgan fingerprint density at radius 2 is 1.15 bits per heavy atom. The maximum Gasteiger partial charge on any atom is 0.270 e.